The fraction of sp³-hybridized carbons (Fsp3) is 0.667. The molecule has 0 aliphatic heterocycles. The summed E-state index contributed by atoms with van der Waals surface area (Å²) in [6, 6.07) is 6.10. The van der Waals surface area contributed by atoms with Gasteiger partial charge in [-0.1, -0.05) is 32.3 Å². The third-order valence-electron chi connectivity index (χ3n) is 4.01. The zero-order chi connectivity index (χ0) is 11.9. The highest BCUT2D eigenvalue weighted by Crippen LogP contribution is 2.30. The Kier molecular flexibility index (Phi) is 4.99. The predicted octanol–water partition coefficient (Wildman–Crippen LogP) is 3.39. The highest BCUT2D eigenvalue weighted by molar-refractivity contribution is 5.02. The van der Waals surface area contributed by atoms with Crippen molar-refractivity contribution in [1.82, 2.24) is 10.3 Å². The fourth-order valence-corrected chi connectivity index (χ4v) is 2.75. The molecule has 0 bridgehead atoms. The summed E-state index contributed by atoms with van der Waals surface area (Å²) in [4.78, 5) is 4.32. The molecule has 1 N–H and O–H groups in total. The molecule has 1 heterocycles. The first-order valence-corrected chi connectivity index (χ1v) is 6.99. The molecule has 0 atom stereocenters. The number of nitrogens with zero attached hydrogens (tertiary/aromatic N) is 1. The molecule has 1 aromatic rings. The number of pyridine rings is 1. The third kappa shape index (κ3) is 4.12. The van der Waals surface area contributed by atoms with Gasteiger partial charge in [0.1, 0.15) is 0 Å². The van der Waals surface area contributed by atoms with E-state index in [1.807, 2.05) is 12.3 Å². The van der Waals surface area contributed by atoms with Gasteiger partial charge in [-0.2, -0.15) is 0 Å². The van der Waals surface area contributed by atoms with Gasteiger partial charge < -0.3 is 5.32 Å². The Bertz CT molecular complexity index is 302. The van der Waals surface area contributed by atoms with Crippen LogP contribution in [-0.2, 0) is 6.54 Å². The van der Waals surface area contributed by atoms with Crippen molar-refractivity contribution in [2.24, 2.45) is 11.8 Å². The van der Waals surface area contributed by atoms with Gasteiger partial charge in [0.2, 0.25) is 0 Å². The van der Waals surface area contributed by atoms with Crippen molar-refractivity contribution in [2.45, 2.75) is 45.6 Å². The van der Waals surface area contributed by atoms with Crippen molar-refractivity contribution in [3.05, 3.63) is 30.1 Å². The van der Waals surface area contributed by atoms with Gasteiger partial charge in [0.25, 0.3) is 0 Å². The molecule has 2 rings (SSSR count). The maximum atomic E-state index is 4.32. The topological polar surface area (TPSA) is 24.9 Å². The second-order valence-electron chi connectivity index (χ2n) is 5.25. The van der Waals surface area contributed by atoms with Crippen LogP contribution in [0.4, 0.5) is 0 Å². The second kappa shape index (κ2) is 6.75. The van der Waals surface area contributed by atoms with Crippen LogP contribution in [0.1, 0.15) is 44.7 Å². The van der Waals surface area contributed by atoms with E-state index >= 15 is 0 Å². The Labute approximate surface area is 105 Å². The van der Waals surface area contributed by atoms with Crippen molar-refractivity contribution in [1.29, 1.82) is 0 Å². The smallest absolute Gasteiger partial charge is 0.0541 e. The van der Waals surface area contributed by atoms with Gasteiger partial charge in [-0.3, -0.25) is 4.98 Å². The van der Waals surface area contributed by atoms with Crippen LogP contribution in [0.3, 0.4) is 0 Å². The summed E-state index contributed by atoms with van der Waals surface area (Å²) in [5.41, 5.74) is 1.15. The van der Waals surface area contributed by atoms with Crippen molar-refractivity contribution >= 4 is 0 Å². The van der Waals surface area contributed by atoms with Crippen LogP contribution < -0.4 is 5.32 Å². The molecule has 0 unspecified atom stereocenters. The molecular weight excluding hydrogens is 208 g/mol. The minimum absolute atomic E-state index is 0.890. The standard InChI is InChI=1S/C15H24N2/c1-2-13-6-8-14(9-7-13)11-16-12-15-5-3-4-10-17-15/h3-5,10,13-14,16H,2,6-9,11-12H2,1H3. The Hall–Kier alpha value is -0.890. The number of nitrogens with one attached hydrogen (secondary N) is 1. The molecular formula is C15H24N2. The molecule has 2 nitrogen and oxygen atoms in total. The summed E-state index contributed by atoms with van der Waals surface area (Å²) in [5, 5.41) is 3.54. The summed E-state index contributed by atoms with van der Waals surface area (Å²) in [5.74, 6) is 1.89. The minimum atomic E-state index is 0.890. The lowest BCUT2D eigenvalue weighted by molar-refractivity contribution is 0.262. The Morgan fingerprint density at radius 1 is 1.18 bits per heavy atom. The zero-order valence-corrected chi connectivity index (χ0v) is 10.9. The van der Waals surface area contributed by atoms with Gasteiger partial charge in [-0.05, 0) is 43.4 Å². The van der Waals surface area contributed by atoms with E-state index in [-0.39, 0.29) is 0 Å². The van der Waals surface area contributed by atoms with Gasteiger partial charge in [-0.25, -0.2) is 0 Å². The number of aromatic nitrogens is 1. The lowest BCUT2D eigenvalue weighted by Crippen LogP contribution is -2.26. The van der Waals surface area contributed by atoms with E-state index < -0.39 is 0 Å². The Morgan fingerprint density at radius 3 is 2.59 bits per heavy atom. The van der Waals surface area contributed by atoms with Crippen LogP contribution in [-0.4, -0.2) is 11.5 Å². The molecule has 0 radical (unpaired) electrons. The summed E-state index contributed by atoms with van der Waals surface area (Å²) in [6.45, 7) is 4.39. The largest absolute Gasteiger partial charge is 0.311 e. The average Bonchev–Trinajstić information content (AvgIpc) is 2.41. The van der Waals surface area contributed by atoms with E-state index in [0.717, 1.165) is 30.6 Å². The van der Waals surface area contributed by atoms with Crippen molar-refractivity contribution in [2.75, 3.05) is 6.54 Å². The van der Waals surface area contributed by atoms with E-state index in [1.54, 1.807) is 0 Å². The van der Waals surface area contributed by atoms with E-state index in [4.69, 9.17) is 0 Å². The molecule has 94 valence electrons. The van der Waals surface area contributed by atoms with E-state index in [2.05, 4.69) is 29.4 Å². The van der Waals surface area contributed by atoms with E-state index in [9.17, 15) is 0 Å². The maximum Gasteiger partial charge on any atom is 0.0541 e. The van der Waals surface area contributed by atoms with Crippen molar-refractivity contribution < 1.29 is 0 Å². The van der Waals surface area contributed by atoms with Gasteiger partial charge in [0.05, 0.1) is 5.69 Å². The first-order valence-electron chi connectivity index (χ1n) is 6.99. The highest BCUT2D eigenvalue weighted by atomic mass is 14.9. The van der Waals surface area contributed by atoms with Gasteiger partial charge in [0, 0.05) is 12.7 Å². The van der Waals surface area contributed by atoms with E-state index in [0.29, 0.717) is 0 Å². The fourth-order valence-electron chi connectivity index (χ4n) is 2.75. The number of hydrogen-bond acceptors (Lipinski definition) is 2. The number of rotatable bonds is 5. The first kappa shape index (κ1) is 12.6. The molecule has 1 aromatic heterocycles. The van der Waals surface area contributed by atoms with Crippen LogP contribution in [0, 0.1) is 11.8 Å². The molecule has 0 aromatic carbocycles. The molecule has 0 spiro atoms. The Balaban J connectivity index is 1.63. The van der Waals surface area contributed by atoms with E-state index in [1.165, 1.54) is 32.1 Å². The molecule has 1 fully saturated rings. The quantitative estimate of drug-likeness (QED) is 0.841. The summed E-state index contributed by atoms with van der Waals surface area (Å²) >= 11 is 0. The zero-order valence-electron chi connectivity index (χ0n) is 10.9. The van der Waals surface area contributed by atoms with Crippen LogP contribution in [0.15, 0.2) is 24.4 Å². The summed E-state index contributed by atoms with van der Waals surface area (Å²) < 4.78 is 0. The molecule has 2 heteroatoms. The van der Waals surface area contributed by atoms with Crippen molar-refractivity contribution in [3.8, 4) is 0 Å². The molecule has 1 saturated carbocycles. The normalized spacial score (nSPS) is 24.8. The van der Waals surface area contributed by atoms with Crippen LogP contribution in [0.5, 0.6) is 0 Å². The molecule has 0 amide bonds. The first-order chi connectivity index (χ1) is 8.38. The minimum Gasteiger partial charge on any atom is -0.311 e. The maximum absolute atomic E-state index is 4.32. The lowest BCUT2D eigenvalue weighted by Gasteiger charge is -2.27. The molecule has 1 aliphatic rings. The molecule has 1 aliphatic carbocycles. The van der Waals surface area contributed by atoms with Crippen LogP contribution >= 0.6 is 0 Å². The number of hydrogen-bond donors (Lipinski definition) is 1. The Morgan fingerprint density at radius 2 is 1.94 bits per heavy atom. The lowest BCUT2D eigenvalue weighted by atomic mass is 9.81. The molecule has 0 saturated heterocycles. The summed E-state index contributed by atoms with van der Waals surface area (Å²) in [6.07, 6.45) is 8.93. The second-order valence-corrected chi connectivity index (χ2v) is 5.25. The summed E-state index contributed by atoms with van der Waals surface area (Å²) in [7, 11) is 0. The highest BCUT2D eigenvalue weighted by Gasteiger charge is 2.19. The SMILES string of the molecule is CCC1CCC(CNCc2ccccn2)CC1. The monoisotopic (exact) mass is 232 g/mol. The van der Waals surface area contributed by atoms with Gasteiger partial charge in [0.15, 0.2) is 0 Å². The predicted molar refractivity (Wildman–Crippen MR) is 71.7 cm³/mol. The van der Waals surface area contributed by atoms with Crippen LogP contribution in [0.25, 0.3) is 0 Å². The molecule has 17 heavy (non-hydrogen) atoms. The third-order valence-corrected chi connectivity index (χ3v) is 4.01. The van der Waals surface area contributed by atoms with Crippen LogP contribution in [0.2, 0.25) is 0 Å². The van der Waals surface area contributed by atoms with Gasteiger partial charge >= 0.3 is 0 Å². The average molecular weight is 232 g/mol. The van der Waals surface area contributed by atoms with Crippen molar-refractivity contribution in [3.63, 3.8) is 0 Å². The van der Waals surface area contributed by atoms with Gasteiger partial charge in [-0.15, -0.1) is 0 Å².